The van der Waals surface area contributed by atoms with Crippen LogP contribution in [-0.4, -0.2) is 6.26 Å². The van der Waals surface area contributed by atoms with Crippen molar-refractivity contribution in [3.8, 4) is 11.1 Å². The number of rotatable bonds is 2. The molecule has 0 radical (unpaired) electrons. The van der Waals surface area contributed by atoms with Gasteiger partial charge in [-0.05, 0) is 24.0 Å². The monoisotopic (exact) mass is 290 g/mol. The van der Waals surface area contributed by atoms with E-state index in [0.717, 1.165) is 4.90 Å². The highest BCUT2D eigenvalue weighted by Crippen LogP contribution is 2.32. The van der Waals surface area contributed by atoms with E-state index < -0.39 is 34.6 Å². The third-order valence-electron chi connectivity index (χ3n) is 2.59. The predicted molar refractivity (Wildman–Crippen MR) is 63.4 cm³/mol. The van der Waals surface area contributed by atoms with E-state index in [1.54, 1.807) is 6.26 Å². The zero-order chi connectivity index (χ0) is 14.2. The van der Waals surface area contributed by atoms with E-state index in [-0.39, 0.29) is 5.56 Å². The van der Waals surface area contributed by atoms with Crippen molar-refractivity contribution >= 4 is 11.8 Å². The first-order valence-electron chi connectivity index (χ1n) is 5.13. The van der Waals surface area contributed by atoms with Crippen LogP contribution in [0.1, 0.15) is 0 Å². The summed E-state index contributed by atoms with van der Waals surface area (Å²) in [6, 6.07) is 5.70. The Hall–Kier alpha value is -1.56. The van der Waals surface area contributed by atoms with E-state index in [2.05, 4.69) is 0 Å². The molecule has 0 fully saturated rings. The van der Waals surface area contributed by atoms with Crippen LogP contribution in [-0.2, 0) is 0 Å². The minimum absolute atomic E-state index is 0.0643. The van der Waals surface area contributed by atoms with Crippen molar-refractivity contribution in [3.05, 3.63) is 53.4 Å². The largest absolute Gasteiger partial charge is 0.203 e. The Morgan fingerprint density at radius 2 is 1.11 bits per heavy atom. The van der Waals surface area contributed by atoms with Crippen molar-refractivity contribution in [2.75, 3.05) is 6.26 Å². The summed E-state index contributed by atoms with van der Waals surface area (Å²) in [4.78, 5) is 0.813. The molecule has 6 heteroatoms. The van der Waals surface area contributed by atoms with Crippen molar-refractivity contribution < 1.29 is 22.0 Å². The smallest absolute Gasteiger partial charge is 0.200 e. The summed E-state index contributed by atoms with van der Waals surface area (Å²) in [7, 11) is 0. The molecular formula is C13H7F5S. The maximum Gasteiger partial charge on any atom is 0.200 e. The molecule has 0 bridgehead atoms. The number of halogens is 5. The average molecular weight is 290 g/mol. The van der Waals surface area contributed by atoms with Gasteiger partial charge in [0, 0.05) is 4.90 Å². The minimum Gasteiger partial charge on any atom is -0.203 e. The fourth-order valence-corrected chi connectivity index (χ4v) is 2.02. The van der Waals surface area contributed by atoms with Gasteiger partial charge < -0.3 is 0 Å². The fourth-order valence-electron chi connectivity index (χ4n) is 1.62. The van der Waals surface area contributed by atoms with Crippen molar-refractivity contribution in [1.29, 1.82) is 0 Å². The lowest BCUT2D eigenvalue weighted by Gasteiger charge is -2.08. The lowest BCUT2D eigenvalue weighted by Crippen LogP contribution is -2.03. The van der Waals surface area contributed by atoms with Crippen LogP contribution in [0, 0.1) is 29.1 Å². The van der Waals surface area contributed by atoms with Gasteiger partial charge in [-0.25, -0.2) is 22.0 Å². The Balaban J connectivity index is 2.67. The minimum atomic E-state index is -2.15. The summed E-state index contributed by atoms with van der Waals surface area (Å²) in [6.07, 6.45) is 1.80. The molecule has 0 heterocycles. The van der Waals surface area contributed by atoms with Crippen LogP contribution in [0.25, 0.3) is 11.1 Å². The topological polar surface area (TPSA) is 0 Å². The molecule has 0 spiro atoms. The van der Waals surface area contributed by atoms with Gasteiger partial charge in [0.1, 0.15) is 0 Å². The Morgan fingerprint density at radius 1 is 0.684 bits per heavy atom. The quantitative estimate of drug-likeness (QED) is 0.332. The van der Waals surface area contributed by atoms with Crippen molar-refractivity contribution in [1.82, 2.24) is 0 Å². The molecule has 2 aromatic carbocycles. The summed E-state index contributed by atoms with van der Waals surface area (Å²) < 4.78 is 66.1. The molecule has 0 aromatic heterocycles. The molecule has 0 saturated heterocycles. The second kappa shape index (κ2) is 5.21. The predicted octanol–water partition coefficient (Wildman–Crippen LogP) is 4.77. The maximum absolute atomic E-state index is 13.5. The van der Waals surface area contributed by atoms with E-state index >= 15 is 0 Å². The van der Waals surface area contributed by atoms with Crippen molar-refractivity contribution in [2.45, 2.75) is 4.90 Å². The molecule has 0 aliphatic carbocycles. The standard InChI is InChI=1S/C13H7F5S/c1-19-7-4-2-6(3-5-7)8-9(14)11(16)13(18)12(17)10(8)15/h2-5H,1H3. The van der Waals surface area contributed by atoms with Gasteiger partial charge in [-0.3, -0.25) is 0 Å². The van der Waals surface area contributed by atoms with Crippen LogP contribution in [0.2, 0.25) is 0 Å². The second-order valence-electron chi connectivity index (χ2n) is 3.67. The first-order valence-corrected chi connectivity index (χ1v) is 6.35. The normalized spacial score (nSPS) is 10.8. The van der Waals surface area contributed by atoms with E-state index in [1.807, 2.05) is 0 Å². The zero-order valence-electron chi connectivity index (χ0n) is 9.61. The second-order valence-corrected chi connectivity index (χ2v) is 4.55. The molecule has 19 heavy (non-hydrogen) atoms. The molecule has 0 atom stereocenters. The Bertz CT molecular complexity index is 593. The van der Waals surface area contributed by atoms with Gasteiger partial charge in [0.15, 0.2) is 23.3 Å². The summed E-state index contributed by atoms with van der Waals surface area (Å²) in [5.74, 6) is -9.69. The van der Waals surface area contributed by atoms with Crippen LogP contribution in [0.15, 0.2) is 29.2 Å². The first kappa shape index (κ1) is 13.9. The average Bonchev–Trinajstić information content (AvgIpc) is 2.44. The van der Waals surface area contributed by atoms with Crippen LogP contribution < -0.4 is 0 Å². The summed E-state index contributed by atoms with van der Waals surface area (Å²) >= 11 is 1.39. The molecule has 0 N–H and O–H groups in total. The zero-order valence-corrected chi connectivity index (χ0v) is 10.4. The third kappa shape index (κ3) is 2.32. The van der Waals surface area contributed by atoms with Crippen molar-refractivity contribution in [2.24, 2.45) is 0 Å². The molecule has 0 amide bonds. The van der Waals surface area contributed by atoms with E-state index in [4.69, 9.17) is 0 Å². The molecule has 0 aliphatic heterocycles. The molecule has 0 nitrogen and oxygen atoms in total. The maximum atomic E-state index is 13.5. The highest BCUT2D eigenvalue weighted by molar-refractivity contribution is 7.98. The van der Waals surface area contributed by atoms with Gasteiger partial charge in [-0.15, -0.1) is 11.8 Å². The van der Waals surface area contributed by atoms with E-state index in [0.29, 0.717) is 0 Å². The van der Waals surface area contributed by atoms with Crippen LogP contribution in [0.5, 0.6) is 0 Å². The molecule has 100 valence electrons. The number of hydrogen-bond acceptors (Lipinski definition) is 1. The van der Waals surface area contributed by atoms with Crippen LogP contribution in [0.4, 0.5) is 22.0 Å². The highest BCUT2D eigenvalue weighted by atomic mass is 32.2. The molecule has 2 aromatic rings. The molecule has 2 rings (SSSR count). The fraction of sp³-hybridized carbons (Fsp3) is 0.0769. The van der Waals surface area contributed by atoms with Gasteiger partial charge in [0.2, 0.25) is 5.82 Å². The lowest BCUT2D eigenvalue weighted by atomic mass is 10.0. The lowest BCUT2D eigenvalue weighted by molar-refractivity contribution is 0.381. The Kier molecular flexibility index (Phi) is 3.80. The Labute approximate surface area is 110 Å². The Morgan fingerprint density at radius 3 is 1.53 bits per heavy atom. The van der Waals surface area contributed by atoms with Crippen LogP contribution >= 0.6 is 11.8 Å². The van der Waals surface area contributed by atoms with Gasteiger partial charge in [0.25, 0.3) is 0 Å². The molecule has 0 saturated carbocycles. The highest BCUT2D eigenvalue weighted by Gasteiger charge is 2.26. The summed E-state index contributed by atoms with van der Waals surface area (Å²) in [5.41, 5.74) is -0.977. The SMILES string of the molecule is CSc1ccc(-c2c(F)c(F)c(F)c(F)c2F)cc1. The molecule has 0 unspecified atom stereocenters. The first-order chi connectivity index (χ1) is 8.97. The van der Waals surface area contributed by atoms with Gasteiger partial charge in [-0.1, -0.05) is 12.1 Å². The van der Waals surface area contributed by atoms with E-state index in [9.17, 15) is 22.0 Å². The molecular weight excluding hydrogens is 283 g/mol. The van der Waals surface area contributed by atoms with E-state index in [1.165, 1.54) is 36.0 Å². The van der Waals surface area contributed by atoms with Crippen LogP contribution in [0.3, 0.4) is 0 Å². The summed E-state index contributed by atoms with van der Waals surface area (Å²) in [6.45, 7) is 0. The van der Waals surface area contributed by atoms with Gasteiger partial charge >= 0.3 is 0 Å². The van der Waals surface area contributed by atoms with Crippen molar-refractivity contribution in [3.63, 3.8) is 0 Å². The number of thioether (sulfide) groups is 1. The number of benzene rings is 2. The summed E-state index contributed by atoms with van der Waals surface area (Å²) in [5, 5.41) is 0. The molecule has 0 aliphatic rings. The third-order valence-corrected chi connectivity index (χ3v) is 3.33. The van der Waals surface area contributed by atoms with Gasteiger partial charge in [0.05, 0.1) is 5.56 Å². The van der Waals surface area contributed by atoms with Gasteiger partial charge in [-0.2, -0.15) is 0 Å². The number of hydrogen-bond donors (Lipinski definition) is 0.